The number of anilines is 2. The zero-order chi connectivity index (χ0) is 27.1. The standard InChI is InChI=1S/C31H30N4O4/c1-3-34(4-2)22-14-11-19(12-15-22)27-26(28(36)21-13-16-25-20(18-21)8-7-17-39-25)29(37)30(38)35(27)31-32-23-9-5-6-10-24(23)33-31/h5-6,9-16,18,27,36H,3-4,7-8,17H2,1-2H3,(H,32,33)/b28-26+. The number of aliphatic hydroxyl groups is 1. The average Bonchev–Trinajstić information content (AvgIpc) is 3.51. The van der Waals surface area contributed by atoms with E-state index in [9.17, 15) is 14.7 Å². The highest BCUT2D eigenvalue weighted by atomic mass is 16.5. The second-order valence-electron chi connectivity index (χ2n) is 9.78. The van der Waals surface area contributed by atoms with Gasteiger partial charge in [-0.15, -0.1) is 0 Å². The highest BCUT2D eigenvalue weighted by molar-refractivity contribution is 6.51. The summed E-state index contributed by atoms with van der Waals surface area (Å²) in [5, 5.41) is 11.6. The molecule has 8 heteroatoms. The normalized spacial score (nSPS) is 18.3. The molecule has 1 unspecified atom stereocenters. The van der Waals surface area contributed by atoms with Crippen LogP contribution < -0.4 is 14.5 Å². The predicted octanol–water partition coefficient (Wildman–Crippen LogP) is 5.36. The summed E-state index contributed by atoms with van der Waals surface area (Å²) in [5.74, 6) is -0.661. The number of aryl methyl sites for hydroxylation is 1. The number of hydrogen-bond acceptors (Lipinski definition) is 6. The van der Waals surface area contributed by atoms with Gasteiger partial charge in [0.15, 0.2) is 0 Å². The van der Waals surface area contributed by atoms with Gasteiger partial charge >= 0.3 is 5.91 Å². The molecular formula is C31H30N4O4. The number of fused-ring (bicyclic) bond motifs is 2. The van der Waals surface area contributed by atoms with E-state index in [0.717, 1.165) is 48.4 Å². The van der Waals surface area contributed by atoms with Gasteiger partial charge in [-0.1, -0.05) is 24.3 Å². The molecule has 0 spiro atoms. The van der Waals surface area contributed by atoms with Crippen LogP contribution in [-0.4, -0.2) is 46.5 Å². The first-order valence-corrected chi connectivity index (χ1v) is 13.4. The molecule has 2 aliphatic rings. The zero-order valence-corrected chi connectivity index (χ0v) is 22.0. The van der Waals surface area contributed by atoms with Crippen molar-refractivity contribution in [2.75, 3.05) is 29.5 Å². The monoisotopic (exact) mass is 522 g/mol. The van der Waals surface area contributed by atoms with Gasteiger partial charge in [0.2, 0.25) is 5.95 Å². The van der Waals surface area contributed by atoms with Gasteiger partial charge in [0.05, 0.1) is 29.3 Å². The fraction of sp³-hybridized carbons (Fsp3) is 0.258. The molecule has 8 nitrogen and oxygen atoms in total. The maximum absolute atomic E-state index is 13.6. The van der Waals surface area contributed by atoms with Gasteiger partial charge in [0, 0.05) is 24.3 Å². The number of H-pyrrole nitrogens is 1. The van der Waals surface area contributed by atoms with E-state index in [2.05, 4.69) is 28.7 Å². The molecule has 0 radical (unpaired) electrons. The molecule has 1 fully saturated rings. The van der Waals surface area contributed by atoms with E-state index in [4.69, 9.17) is 4.74 Å². The Labute approximate surface area is 226 Å². The van der Waals surface area contributed by atoms with Crippen LogP contribution in [0.4, 0.5) is 11.6 Å². The summed E-state index contributed by atoms with van der Waals surface area (Å²) in [5.41, 5.74) is 4.66. The second-order valence-corrected chi connectivity index (χ2v) is 9.78. The number of ketones is 1. The summed E-state index contributed by atoms with van der Waals surface area (Å²) in [7, 11) is 0. The average molecular weight is 523 g/mol. The number of amides is 1. The number of carbonyl (C=O) groups is 2. The number of para-hydroxylation sites is 2. The molecule has 1 atom stereocenters. The van der Waals surface area contributed by atoms with Gasteiger partial charge in [-0.3, -0.25) is 14.5 Å². The maximum atomic E-state index is 13.6. The Morgan fingerprint density at radius 3 is 2.59 bits per heavy atom. The third-order valence-corrected chi connectivity index (χ3v) is 7.57. The van der Waals surface area contributed by atoms with Crippen LogP contribution in [0, 0.1) is 0 Å². The first-order chi connectivity index (χ1) is 19.0. The lowest BCUT2D eigenvalue weighted by molar-refractivity contribution is -0.132. The number of nitrogens with one attached hydrogen (secondary N) is 1. The Bertz CT molecular complexity index is 1570. The quantitative estimate of drug-likeness (QED) is 0.201. The third-order valence-electron chi connectivity index (χ3n) is 7.57. The van der Waals surface area contributed by atoms with Crippen LogP contribution in [0.15, 0.2) is 72.3 Å². The van der Waals surface area contributed by atoms with Crippen LogP contribution in [0.25, 0.3) is 16.8 Å². The van der Waals surface area contributed by atoms with E-state index in [1.54, 1.807) is 6.07 Å². The molecule has 2 N–H and O–H groups in total. The maximum Gasteiger partial charge on any atom is 0.302 e. The number of hydrogen-bond donors (Lipinski definition) is 2. The molecule has 6 rings (SSSR count). The van der Waals surface area contributed by atoms with Crippen molar-refractivity contribution < 1.29 is 19.4 Å². The number of aromatic amines is 1. The summed E-state index contributed by atoms with van der Waals surface area (Å²) in [6.45, 7) is 6.56. The van der Waals surface area contributed by atoms with Gasteiger partial charge in [0.25, 0.3) is 5.78 Å². The molecule has 1 aromatic heterocycles. The predicted molar refractivity (Wildman–Crippen MR) is 151 cm³/mol. The van der Waals surface area contributed by atoms with Crippen LogP contribution in [0.5, 0.6) is 5.75 Å². The van der Waals surface area contributed by atoms with Crippen LogP contribution in [0.2, 0.25) is 0 Å². The van der Waals surface area contributed by atoms with Crippen molar-refractivity contribution in [3.05, 3.63) is 89.0 Å². The Morgan fingerprint density at radius 1 is 1.08 bits per heavy atom. The van der Waals surface area contributed by atoms with Crippen LogP contribution in [-0.2, 0) is 16.0 Å². The smallest absolute Gasteiger partial charge is 0.302 e. The first kappa shape index (κ1) is 24.7. The molecule has 39 heavy (non-hydrogen) atoms. The number of rotatable bonds is 6. The number of benzene rings is 3. The number of ether oxygens (including phenoxy) is 1. The van der Waals surface area contributed by atoms with Crippen LogP contribution >= 0.6 is 0 Å². The minimum absolute atomic E-state index is 0.0349. The van der Waals surface area contributed by atoms with E-state index in [-0.39, 0.29) is 17.3 Å². The van der Waals surface area contributed by atoms with Crippen LogP contribution in [0.3, 0.4) is 0 Å². The molecule has 1 saturated heterocycles. The molecule has 4 aromatic rings. The van der Waals surface area contributed by atoms with Crippen LogP contribution in [0.1, 0.15) is 43.0 Å². The van der Waals surface area contributed by atoms with Gasteiger partial charge in [-0.05, 0) is 80.3 Å². The molecule has 0 aliphatic carbocycles. The third kappa shape index (κ3) is 4.22. The van der Waals surface area contributed by atoms with Gasteiger partial charge < -0.3 is 19.7 Å². The van der Waals surface area contributed by atoms with E-state index in [0.29, 0.717) is 23.3 Å². The van der Waals surface area contributed by atoms with Crippen molar-refractivity contribution in [3.8, 4) is 5.75 Å². The number of imidazole rings is 1. The number of Topliss-reactive ketones (excluding diaryl/α,β-unsaturated/α-hetero) is 1. The summed E-state index contributed by atoms with van der Waals surface area (Å²) in [4.78, 5) is 38.5. The van der Waals surface area contributed by atoms with Crippen molar-refractivity contribution >= 4 is 40.1 Å². The van der Waals surface area contributed by atoms with Gasteiger partial charge in [-0.25, -0.2) is 4.98 Å². The number of nitrogens with zero attached hydrogens (tertiary/aromatic N) is 3. The van der Waals surface area contributed by atoms with E-state index < -0.39 is 17.7 Å². The fourth-order valence-corrected chi connectivity index (χ4v) is 5.54. The van der Waals surface area contributed by atoms with E-state index in [1.807, 2.05) is 60.7 Å². The lowest BCUT2D eigenvalue weighted by atomic mass is 9.94. The molecule has 3 aromatic carbocycles. The summed E-state index contributed by atoms with van der Waals surface area (Å²) in [6, 6.07) is 19.8. The minimum atomic E-state index is -0.858. The van der Waals surface area contributed by atoms with Crippen molar-refractivity contribution in [1.82, 2.24) is 9.97 Å². The van der Waals surface area contributed by atoms with Crippen molar-refractivity contribution in [2.24, 2.45) is 0 Å². The molecular weight excluding hydrogens is 492 g/mol. The van der Waals surface area contributed by atoms with E-state index >= 15 is 0 Å². The zero-order valence-electron chi connectivity index (χ0n) is 22.0. The molecule has 198 valence electrons. The highest BCUT2D eigenvalue weighted by Crippen LogP contribution is 2.42. The van der Waals surface area contributed by atoms with Gasteiger partial charge in [0.1, 0.15) is 11.5 Å². The highest BCUT2D eigenvalue weighted by Gasteiger charge is 2.48. The van der Waals surface area contributed by atoms with Crippen molar-refractivity contribution in [3.63, 3.8) is 0 Å². The topological polar surface area (TPSA) is 98.8 Å². The summed E-state index contributed by atoms with van der Waals surface area (Å²) < 4.78 is 5.72. The van der Waals surface area contributed by atoms with Crippen molar-refractivity contribution in [2.45, 2.75) is 32.7 Å². The Morgan fingerprint density at radius 2 is 1.85 bits per heavy atom. The number of carbonyl (C=O) groups excluding carboxylic acids is 2. The minimum Gasteiger partial charge on any atom is -0.507 e. The lowest BCUT2D eigenvalue weighted by Gasteiger charge is -2.25. The number of aliphatic hydroxyl groups excluding tert-OH is 1. The largest absolute Gasteiger partial charge is 0.507 e. The van der Waals surface area contributed by atoms with Gasteiger partial charge in [-0.2, -0.15) is 0 Å². The molecule has 0 saturated carbocycles. The summed E-state index contributed by atoms with van der Waals surface area (Å²) in [6.07, 6.45) is 1.70. The summed E-state index contributed by atoms with van der Waals surface area (Å²) >= 11 is 0. The molecule has 1 amide bonds. The fourth-order valence-electron chi connectivity index (χ4n) is 5.54. The Kier molecular flexibility index (Phi) is 6.30. The molecule has 3 heterocycles. The molecule has 2 aliphatic heterocycles. The Balaban J connectivity index is 1.51. The number of aromatic nitrogens is 2. The Hall–Kier alpha value is -4.59. The van der Waals surface area contributed by atoms with E-state index in [1.165, 1.54) is 4.90 Å². The van der Waals surface area contributed by atoms with Crippen molar-refractivity contribution in [1.29, 1.82) is 0 Å². The first-order valence-electron chi connectivity index (χ1n) is 13.4. The second kappa shape index (κ2) is 9.94. The lowest BCUT2D eigenvalue weighted by Crippen LogP contribution is -2.30. The molecule has 0 bridgehead atoms. The SMILES string of the molecule is CCN(CC)c1ccc(C2/C(=C(\O)c3ccc4c(c3)CCCO4)C(=O)C(=O)N2c2nc3ccccc3[nH]2)cc1.